The topological polar surface area (TPSA) is 56.5 Å². The van der Waals surface area contributed by atoms with E-state index >= 15 is 0 Å². The highest BCUT2D eigenvalue weighted by atomic mass is 35.5. The number of rotatable bonds is 3. The molecule has 128 valence electrons. The van der Waals surface area contributed by atoms with Crippen molar-refractivity contribution >= 4 is 23.4 Å². The largest absolute Gasteiger partial charge is 0.305 e. The summed E-state index contributed by atoms with van der Waals surface area (Å²) in [7, 11) is 1.97. The monoisotopic (exact) mass is 371 g/mol. The van der Waals surface area contributed by atoms with Crippen LogP contribution >= 0.6 is 23.4 Å². The molecule has 0 spiro atoms. The van der Waals surface area contributed by atoms with Gasteiger partial charge >= 0.3 is 0 Å². The zero-order chi connectivity index (χ0) is 17.4. The lowest BCUT2D eigenvalue weighted by atomic mass is 9.97. The first-order valence-corrected chi connectivity index (χ1v) is 9.51. The number of aryl methyl sites for hydroxylation is 2. The molecule has 2 heterocycles. The summed E-state index contributed by atoms with van der Waals surface area (Å²) in [4.78, 5) is 9.29. The summed E-state index contributed by atoms with van der Waals surface area (Å²) >= 11 is 7.67. The molecule has 2 aromatic heterocycles. The molecule has 7 heteroatoms. The van der Waals surface area contributed by atoms with Crippen LogP contribution in [0, 0.1) is 6.92 Å². The van der Waals surface area contributed by atoms with Crippen molar-refractivity contribution in [1.82, 2.24) is 24.7 Å². The molecule has 0 unspecified atom stereocenters. The van der Waals surface area contributed by atoms with Crippen LogP contribution in [0.25, 0.3) is 11.4 Å². The minimum Gasteiger partial charge on any atom is -0.305 e. The highest BCUT2D eigenvalue weighted by Crippen LogP contribution is 2.33. The van der Waals surface area contributed by atoms with Gasteiger partial charge in [-0.05, 0) is 56.5 Å². The summed E-state index contributed by atoms with van der Waals surface area (Å²) in [6.45, 7) is 1.95. The van der Waals surface area contributed by atoms with E-state index in [0.717, 1.165) is 40.2 Å². The summed E-state index contributed by atoms with van der Waals surface area (Å²) in [5, 5.41) is 11.2. The highest BCUT2D eigenvalue weighted by molar-refractivity contribution is 7.99. The van der Waals surface area contributed by atoms with Crippen molar-refractivity contribution in [2.45, 2.75) is 42.8 Å². The lowest BCUT2D eigenvalue weighted by Crippen LogP contribution is -2.10. The van der Waals surface area contributed by atoms with Gasteiger partial charge in [-0.25, -0.2) is 9.97 Å². The van der Waals surface area contributed by atoms with Crippen molar-refractivity contribution in [2.24, 2.45) is 7.05 Å². The van der Waals surface area contributed by atoms with Crippen LogP contribution in [0.3, 0.4) is 0 Å². The predicted molar refractivity (Wildman–Crippen MR) is 99.0 cm³/mol. The Morgan fingerprint density at radius 2 is 1.96 bits per heavy atom. The van der Waals surface area contributed by atoms with E-state index < -0.39 is 0 Å². The fraction of sp³-hybridized carbons (Fsp3) is 0.333. The number of fused-ring (bicyclic) bond motifs is 1. The van der Waals surface area contributed by atoms with E-state index in [1.54, 1.807) is 11.8 Å². The molecule has 4 rings (SSSR count). The van der Waals surface area contributed by atoms with Crippen molar-refractivity contribution in [3.8, 4) is 11.4 Å². The van der Waals surface area contributed by atoms with E-state index in [4.69, 9.17) is 11.6 Å². The van der Waals surface area contributed by atoms with Crippen LogP contribution < -0.4 is 0 Å². The third-order valence-electron chi connectivity index (χ3n) is 4.36. The number of hydrogen-bond acceptors (Lipinski definition) is 5. The van der Waals surface area contributed by atoms with E-state index in [0.29, 0.717) is 5.02 Å². The quantitative estimate of drug-likeness (QED) is 0.644. The number of halogens is 1. The fourth-order valence-corrected chi connectivity index (χ4v) is 4.32. The number of nitrogens with zero attached hydrogens (tertiary/aromatic N) is 5. The van der Waals surface area contributed by atoms with Crippen molar-refractivity contribution in [3.05, 3.63) is 46.4 Å². The second-order valence-corrected chi connectivity index (χ2v) is 7.58. The fourth-order valence-electron chi connectivity index (χ4n) is 3.13. The number of benzene rings is 1. The minimum absolute atomic E-state index is 0.690. The standard InChI is InChI=1S/C18H18ClN5S/c1-11-20-15-9-4-3-8-14(15)17(21-11)25-18-23-22-16(24(18)2)12-6-5-7-13(19)10-12/h5-7,10H,3-4,8-9H2,1-2H3. The van der Waals surface area contributed by atoms with Crippen LogP contribution in [-0.4, -0.2) is 24.7 Å². The number of hydrogen-bond donors (Lipinski definition) is 0. The third-order valence-corrected chi connectivity index (χ3v) is 5.67. The summed E-state index contributed by atoms with van der Waals surface area (Å²) < 4.78 is 1.99. The molecular weight excluding hydrogens is 354 g/mol. The summed E-state index contributed by atoms with van der Waals surface area (Å²) in [5.74, 6) is 1.62. The molecule has 0 bridgehead atoms. The third kappa shape index (κ3) is 3.28. The van der Waals surface area contributed by atoms with E-state index in [9.17, 15) is 0 Å². The Hall–Kier alpha value is -1.92. The number of aromatic nitrogens is 5. The molecule has 5 nitrogen and oxygen atoms in total. The van der Waals surface area contributed by atoms with E-state index in [1.165, 1.54) is 24.1 Å². The maximum atomic E-state index is 6.10. The van der Waals surface area contributed by atoms with Gasteiger partial charge in [-0.15, -0.1) is 10.2 Å². The van der Waals surface area contributed by atoms with E-state index in [2.05, 4.69) is 20.2 Å². The van der Waals surface area contributed by atoms with Gasteiger partial charge in [0.1, 0.15) is 10.9 Å². The van der Waals surface area contributed by atoms with Gasteiger partial charge in [0.25, 0.3) is 0 Å². The van der Waals surface area contributed by atoms with E-state index in [1.807, 2.05) is 42.8 Å². The maximum Gasteiger partial charge on any atom is 0.197 e. The first-order chi connectivity index (χ1) is 12.1. The average Bonchev–Trinajstić information content (AvgIpc) is 2.95. The molecule has 0 amide bonds. The molecule has 0 saturated carbocycles. The molecule has 0 aliphatic heterocycles. The first-order valence-electron chi connectivity index (χ1n) is 8.31. The Labute approximate surface area is 155 Å². The van der Waals surface area contributed by atoms with Crippen LogP contribution in [0.2, 0.25) is 5.02 Å². The molecular formula is C18H18ClN5S. The van der Waals surface area contributed by atoms with Gasteiger partial charge in [0.05, 0.1) is 0 Å². The van der Waals surface area contributed by atoms with Gasteiger partial charge in [-0.3, -0.25) is 0 Å². The smallest absolute Gasteiger partial charge is 0.197 e. The lowest BCUT2D eigenvalue weighted by molar-refractivity contribution is 0.639. The first kappa shape index (κ1) is 16.5. The molecule has 1 aliphatic rings. The minimum atomic E-state index is 0.690. The molecule has 3 aromatic rings. The Morgan fingerprint density at radius 1 is 1.12 bits per heavy atom. The van der Waals surface area contributed by atoms with Gasteiger partial charge in [0, 0.05) is 28.9 Å². The Kier molecular flexibility index (Phi) is 4.48. The van der Waals surface area contributed by atoms with Crippen molar-refractivity contribution in [2.75, 3.05) is 0 Å². The molecule has 25 heavy (non-hydrogen) atoms. The molecule has 1 aliphatic carbocycles. The zero-order valence-corrected chi connectivity index (χ0v) is 15.7. The van der Waals surface area contributed by atoms with Crippen LogP contribution in [0.4, 0.5) is 0 Å². The molecule has 0 atom stereocenters. The zero-order valence-electron chi connectivity index (χ0n) is 14.2. The molecule has 0 fully saturated rings. The Bertz CT molecular complexity index is 937. The maximum absolute atomic E-state index is 6.10. The lowest BCUT2D eigenvalue weighted by Gasteiger charge is -2.17. The van der Waals surface area contributed by atoms with Gasteiger partial charge in [0.15, 0.2) is 11.0 Å². The normalized spacial score (nSPS) is 13.7. The summed E-state index contributed by atoms with van der Waals surface area (Å²) in [6.07, 6.45) is 4.48. The summed E-state index contributed by atoms with van der Waals surface area (Å²) in [6, 6.07) is 7.66. The van der Waals surface area contributed by atoms with E-state index in [-0.39, 0.29) is 0 Å². The SMILES string of the molecule is Cc1nc2c(c(Sc3nnc(-c4cccc(Cl)c4)n3C)n1)CCCC2. The van der Waals surface area contributed by atoms with Crippen molar-refractivity contribution < 1.29 is 0 Å². The second-order valence-electron chi connectivity index (χ2n) is 6.19. The van der Waals surface area contributed by atoms with Gasteiger partial charge < -0.3 is 4.57 Å². The van der Waals surface area contributed by atoms with Crippen LogP contribution in [-0.2, 0) is 19.9 Å². The van der Waals surface area contributed by atoms with Gasteiger partial charge in [-0.1, -0.05) is 23.7 Å². The average molecular weight is 372 g/mol. The molecule has 0 saturated heterocycles. The van der Waals surface area contributed by atoms with Crippen molar-refractivity contribution in [1.29, 1.82) is 0 Å². The highest BCUT2D eigenvalue weighted by Gasteiger charge is 2.20. The Morgan fingerprint density at radius 3 is 2.80 bits per heavy atom. The van der Waals surface area contributed by atoms with Crippen molar-refractivity contribution in [3.63, 3.8) is 0 Å². The van der Waals surface area contributed by atoms with Gasteiger partial charge in [0.2, 0.25) is 0 Å². The molecule has 0 radical (unpaired) electrons. The molecule has 1 aromatic carbocycles. The van der Waals surface area contributed by atoms with Crippen LogP contribution in [0.1, 0.15) is 29.9 Å². The Balaban J connectivity index is 1.70. The van der Waals surface area contributed by atoms with Gasteiger partial charge in [-0.2, -0.15) is 0 Å². The summed E-state index contributed by atoms with van der Waals surface area (Å²) in [5.41, 5.74) is 3.42. The second kappa shape index (κ2) is 6.77. The molecule has 0 N–H and O–H groups in total. The predicted octanol–water partition coefficient (Wildman–Crippen LogP) is 4.26. The van der Waals surface area contributed by atoms with Crippen LogP contribution in [0.15, 0.2) is 34.4 Å². The van der Waals surface area contributed by atoms with Crippen LogP contribution in [0.5, 0.6) is 0 Å².